The van der Waals surface area contributed by atoms with E-state index in [0.29, 0.717) is 6.54 Å². The number of benzene rings is 2. The van der Waals surface area contributed by atoms with Gasteiger partial charge >= 0.3 is 0 Å². The van der Waals surface area contributed by atoms with Gasteiger partial charge < -0.3 is 11.5 Å². The van der Waals surface area contributed by atoms with Crippen LogP contribution >= 0.6 is 11.8 Å². The molecule has 0 bridgehead atoms. The number of rotatable bonds is 3. The van der Waals surface area contributed by atoms with E-state index < -0.39 is 0 Å². The van der Waals surface area contributed by atoms with Crippen LogP contribution in [-0.4, -0.2) is 6.26 Å². The summed E-state index contributed by atoms with van der Waals surface area (Å²) < 4.78 is 0. The maximum absolute atomic E-state index is 5.89. The Kier molecular flexibility index (Phi) is 3.71. The second-order valence-corrected chi connectivity index (χ2v) is 4.71. The van der Waals surface area contributed by atoms with Crippen LogP contribution in [0, 0.1) is 0 Å². The Labute approximate surface area is 106 Å². The second-order valence-electron chi connectivity index (χ2n) is 3.86. The molecule has 0 radical (unpaired) electrons. The number of nitrogens with two attached hydrogens (primary N) is 2. The number of hydrogen-bond acceptors (Lipinski definition) is 3. The highest BCUT2D eigenvalue weighted by Crippen LogP contribution is 2.29. The molecular formula is C14H16N2S. The average molecular weight is 244 g/mol. The van der Waals surface area contributed by atoms with Crippen LogP contribution in [0.15, 0.2) is 47.4 Å². The predicted octanol–water partition coefficient (Wildman–Crippen LogP) is 3.12. The van der Waals surface area contributed by atoms with Gasteiger partial charge in [-0.2, -0.15) is 0 Å². The Morgan fingerprint density at radius 3 is 2.53 bits per heavy atom. The molecule has 0 fully saturated rings. The van der Waals surface area contributed by atoms with Crippen LogP contribution < -0.4 is 11.5 Å². The molecular weight excluding hydrogens is 228 g/mol. The fourth-order valence-corrected chi connectivity index (χ4v) is 2.32. The van der Waals surface area contributed by atoms with E-state index in [1.165, 1.54) is 11.1 Å². The van der Waals surface area contributed by atoms with Crippen molar-refractivity contribution in [2.75, 3.05) is 12.0 Å². The van der Waals surface area contributed by atoms with E-state index >= 15 is 0 Å². The van der Waals surface area contributed by atoms with Gasteiger partial charge in [-0.3, -0.25) is 0 Å². The first-order valence-electron chi connectivity index (χ1n) is 5.47. The van der Waals surface area contributed by atoms with Crippen molar-refractivity contribution in [3.05, 3.63) is 48.0 Å². The van der Waals surface area contributed by atoms with E-state index in [0.717, 1.165) is 16.1 Å². The van der Waals surface area contributed by atoms with Crippen molar-refractivity contribution >= 4 is 17.4 Å². The van der Waals surface area contributed by atoms with Gasteiger partial charge in [-0.1, -0.05) is 24.3 Å². The van der Waals surface area contributed by atoms with E-state index in [9.17, 15) is 0 Å². The highest BCUT2D eigenvalue weighted by molar-refractivity contribution is 7.98. The van der Waals surface area contributed by atoms with Crippen LogP contribution in [0.25, 0.3) is 11.1 Å². The molecule has 0 unspecified atom stereocenters. The summed E-state index contributed by atoms with van der Waals surface area (Å²) in [5.74, 6) is 0. The Morgan fingerprint density at radius 2 is 1.82 bits per heavy atom. The summed E-state index contributed by atoms with van der Waals surface area (Å²) in [6.45, 7) is 0.568. The van der Waals surface area contributed by atoms with Gasteiger partial charge in [-0.05, 0) is 41.1 Å². The minimum Gasteiger partial charge on any atom is -0.398 e. The number of anilines is 1. The van der Waals surface area contributed by atoms with Gasteiger partial charge in [-0.25, -0.2) is 0 Å². The molecule has 0 saturated carbocycles. The van der Waals surface area contributed by atoms with E-state index in [1.54, 1.807) is 11.8 Å². The van der Waals surface area contributed by atoms with Gasteiger partial charge in [0.05, 0.1) is 0 Å². The van der Waals surface area contributed by atoms with Crippen LogP contribution in [-0.2, 0) is 6.54 Å². The molecule has 88 valence electrons. The monoisotopic (exact) mass is 244 g/mol. The fraction of sp³-hybridized carbons (Fsp3) is 0.143. The van der Waals surface area contributed by atoms with E-state index in [1.807, 2.05) is 30.5 Å². The molecule has 0 atom stereocenters. The maximum atomic E-state index is 5.89. The Hall–Kier alpha value is -1.45. The molecule has 0 aliphatic carbocycles. The van der Waals surface area contributed by atoms with Gasteiger partial charge in [0.25, 0.3) is 0 Å². The summed E-state index contributed by atoms with van der Waals surface area (Å²) in [4.78, 5) is 1.11. The van der Waals surface area contributed by atoms with Gasteiger partial charge in [0.15, 0.2) is 0 Å². The number of hydrogen-bond donors (Lipinski definition) is 2. The largest absolute Gasteiger partial charge is 0.398 e. The Bertz CT molecular complexity index is 523. The lowest BCUT2D eigenvalue weighted by Crippen LogP contribution is -1.96. The third-order valence-electron chi connectivity index (χ3n) is 2.73. The van der Waals surface area contributed by atoms with Crippen molar-refractivity contribution in [2.24, 2.45) is 5.73 Å². The topological polar surface area (TPSA) is 52.0 Å². The lowest BCUT2D eigenvalue weighted by Gasteiger charge is -2.08. The van der Waals surface area contributed by atoms with E-state index in [4.69, 9.17) is 11.5 Å². The molecule has 2 aromatic rings. The molecule has 0 amide bonds. The molecule has 4 N–H and O–H groups in total. The standard InChI is InChI=1S/C14H16N2S/c1-17-14-8-12(5-6-13(14)16)11-4-2-3-10(7-11)9-15/h2-8H,9,15-16H2,1H3. The van der Waals surface area contributed by atoms with E-state index in [2.05, 4.69) is 18.2 Å². The van der Waals surface area contributed by atoms with Crippen LogP contribution in [0.1, 0.15) is 5.56 Å². The van der Waals surface area contributed by atoms with Gasteiger partial charge in [0.1, 0.15) is 0 Å². The van der Waals surface area contributed by atoms with E-state index in [-0.39, 0.29) is 0 Å². The van der Waals surface area contributed by atoms with Crippen LogP contribution in [0.2, 0.25) is 0 Å². The highest BCUT2D eigenvalue weighted by Gasteiger charge is 2.03. The first kappa shape index (κ1) is 12.0. The van der Waals surface area contributed by atoms with Gasteiger partial charge in [0, 0.05) is 17.1 Å². The first-order valence-corrected chi connectivity index (χ1v) is 6.70. The molecule has 0 aliphatic rings. The third kappa shape index (κ3) is 2.62. The summed E-state index contributed by atoms with van der Waals surface area (Å²) in [7, 11) is 0. The van der Waals surface area contributed by atoms with Crippen molar-refractivity contribution in [3.8, 4) is 11.1 Å². The minimum atomic E-state index is 0.568. The molecule has 2 nitrogen and oxygen atoms in total. The molecule has 0 aliphatic heterocycles. The zero-order valence-corrected chi connectivity index (χ0v) is 10.6. The zero-order chi connectivity index (χ0) is 12.3. The van der Waals surface area contributed by atoms with Crippen LogP contribution in [0.5, 0.6) is 0 Å². The first-order chi connectivity index (χ1) is 8.24. The van der Waals surface area contributed by atoms with Gasteiger partial charge in [-0.15, -0.1) is 11.8 Å². The number of nitrogen functional groups attached to an aromatic ring is 1. The average Bonchev–Trinajstić information content (AvgIpc) is 2.39. The lowest BCUT2D eigenvalue weighted by molar-refractivity contribution is 1.07. The minimum absolute atomic E-state index is 0.568. The zero-order valence-electron chi connectivity index (χ0n) is 9.81. The summed E-state index contributed by atoms with van der Waals surface area (Å²) >= 11 is 1.66. The molecule has 0 aromatic heterocycles. The van der Waals surface area contributed by atoms with Crippen LogP contribution in [0.4, 0.5) is 5.69 Å². The SMILES string of the molecule is CSc1cc(-c2cccc(CN)c2)ccc1N. The van der Waals surface area contributed by atoms with Gasteiger partial charge in [0.2, 0.25) is 0 Å². The molecule has 17 heavy (non-hydrogen) atoms. The van der Waals surface area contributed by atoms with Crippen LogP contribution in [0.3, 0.4) is 0 Å². The quantitative estimate of drug-likeness (QED) is 0.644. The van der Waals surface area contributed by atoms with Crippen molar-refractivity contribution in [3.63, 3.8) is 0 Å². The Morgan fingerprint density at radius 1 is 1.06 bits per heavy atom. The number of thioether (sulfide) groups is 1. The summed E-state index contributed by atoms with van der Waals surface area (Å²) in [6.07, 6.45) is 2.03. The summed E-state index contributed by atoms with van der Waals surface area (Å²) in [5.41, 5.74) is 15.9. The predicted molar refractivity (Wildman–Crippen MR) is 76.0 cm³/mol. The third-order valence-corrected chi connectivity index (χ3v) is 3.52. The highest BCUT2D eigenvalue weighted by atomic mass is 32.2. The lowest BCUT2D eigenvalue weighted by atomic mass is 10.0. The summed E-state index contributed by atoms with van der Waals surface area (Å²) in [5, 5.41) is 0. The molecule has 0 spiro atoms. The Balaban J connectivity index is 2.45. The maximum Gasteiger partial charge on any atom is 0.0452 e. The summed E-state index contributed by atoms with van der Waals surface area (Å²) in [6, 6.07) is 14.4. The molecule has 2 aromatic carbocycles. The van der Waals surface area contributed by atoms with Crippen molar-refractivity contribution in [1.29, 1.82) is 0 Å². The van der Waals surface area contributed by atoms with Crippen molar-refractivity contribution in [2.45, 2.75) is 11.4 Å². The molecule has 0 heterocycles. The molecule has 3 heteroatoms. The van der Waals surface area contributed by atoms with Crippen molar-refractivity contribution in [1.82, 2.24) is 0 Å². The smallest absolute Gasteiger partial charge is 0.0452 e. The molecule has 2 rings (SSSR count). The molecule has 0 saturated heterocycles. The fourth-order valence-electron chi connectivity index (χ4n) is 1.77. The van der Waals surface area contributed by atoms with Crippen molar-refractivity contribution < 1.29 is 0 Å². The normalized spacial score (nSPS) is 10.5. The second kappa shape index (κ2) is 5.25.